The van der Waals surface area contributed by atoms with Crippen molar-refractivity contribution in [2.24, 2.45) is 0 Å². The van der Waals surface area contributed by atoms with Crippen LogP contribution in [-0.4, -0.2) is 22.5 Å². The molecule has 0 spiro atoms. The summed E-state index contributed by atoms with van der Waals surface area (Å²) in [6, 6.07) is 22.8. The SMILES string of the molecule is CC(=O)OC1CCc2cc(OCCc3nc(-c4cccc(-c5ccc6[nH]ccc6c5)c4)oc3C)ccc21. The first-order valence-electron chi connectivity index (χ1n) is 12.6. The summed E-state index contributed by atoms with van der Waals surface area (Å²) in [6.07, 6.45) is 4.16. The second-order valence-electron chi connectivity index (χ2n) is 9.48. The molecule has 0 radical (unpaired) electrons. The summed E-state index contributed by atoms with van der Waals surface area (Å²) in [4.78, 5) is 19.3. The van der Waals surface area contributed by atoms with Gasteiger partial charge in [0.05, 0.1) is 12.3 Å². The zero-order valence-corrected chi connectivity index (χ0v) is 20.9. The zero-order chi connectivity index (χ0) is 25.4. The number of hydrogen-bond donors (Lipinski definition) is 1. The number of oxazole rings is 1. The van der Waals surface area contributed by atoms with Gasteiger partial charge < -0.3 is 18.9 Å². The lowest BCUT2D eigenvalue weighted by Crippen LogP contribution is -2.05. The van der Waals surface area contributed by atoms with Crippen molar-refractivity contribution in [2.45, 2.75) is 39.2 Å². The minimum Gasteiger partial charge on any atom is -0.493 e. The maximum absolute atomic E-state index is 11.3. The largest absolute Gasteiger partial charge is 0.493 e. The second-order valence-corrected chi connectivity index (χ2v) is 9.48. The maximum atomic E-state index is 11.3. The first-order valence-corrected chi connectivity index (χ1v) is 12.6. The van der Waals surface area contributed by atoms with Crippen LogP contribution in [0, 0.1) is 6.92 Å². The number of aromatic nitrogens is 2. The van der Waals surface area contributed by atoms with Crippen molar-refractivity contribution >= 4 is 16.9 Å². The van der Waals surface area contributed by atoms with E-state index < -0.39 is 0 Å². The molecule has 0 bridgehead atoms. The quantitative estimate of drug-likeness (QED) is 0.248. The van der Waals surface area contributed by atoms with Gasteiger partial charge in [-0.2, -0.15) is 0 Å². The smallest absolute Gasteiger partial charge is 0.303 e. The van der Waals surface area contributed by atoms with Crippen molar-refractivity contribution in [3.8, 4) is 28.3 Å². The van der Waals surface area contributed by atoms with Crippen molar-refractivity contribution in [1.29, 1.82) is 0 Å². The lowest BCUT2D eigenvalue weighted by molar-refractivity contribution is -0.146. The Morgan fingerprint density at radius 2 is 1.92 bits per heavy atom. The van der Waals surface area contributed by atoms with Crippen LogP contribution in [-0.2, 0) is 22.4 Å². The molecule has 0 saturated heterocycles. The van der Waals surface area contributed by atoms with Crippen LogP contribution < -0.4 is 4.74 Å². The maximum Gasteiger partial charge on any atom is 0.303 e. The van der Waals surface area contributed by atoms with Crippen LogP contribution in [0.4, 0.5) is 0 Å². The Morgan fingerprint density at radius 3 is 2.81 bits per heavy atom. The molecule has 1 N–H and O–H groups in total. The van der Waals surface area contributed by atoms with Gasteiger partial charge in [-0.15, -0.1) is 0 Å². The van der Waals surface area contributed by atoms with Gasteiger partial charge in [-0.25, -0.2) is 4.98 Å². The van der Waals surface area contributed by atoms with Gasteiger partial charge in [0, 0.05) is 30.6 Å². The van der Waals surface area contributed by atoms with Crippen molar-refractivity contribution in [2.75, 3.05) is 6.61 Å². The third-order valence-electron chi connectivity index (χ3n) is 6.94. The number of H-pyrrole nitrogens is 1. The van der Waals surface area contributed by atoms with Gasteiger partial charge in [0.15, 0.2) is 0 Å². The van der Waals surface area contributed by atoms with Crippen LogP contribution in [0.3, 0.4) is 0 Å². The predicted molar refractivity (Wildman–Crippen MR) is 142 cm³/mol. The molecule has 1 atom stereocenters. The highest BCUT2D eigenvalue weighted by Crippen LogP contribution is 2.36. The van der Waals surface area contributed by atoms with Crippen LogP contribution >= 0.6 is 0 Å². The lowest BCUT2D eigenvalue weighted by Gasteiger charge is -2.12. The molecular weight excluding hydrogens is 464 g/mol. The molecule has 5 aromatic rings. The second kappa shape index (κ2) is 9.62. The van der Waals surface area contributed by atoms with Crippen LogP contribution in [0.5, 0.6) is 5.75 Å². The highest BCUT2D eigenvalue weighted by molar-refractivity contribution is 5.85. The summed E-state index contributed by atoms with van der Waals surface area (Å²) in [5.74, 6) is 1.99. The molecule has 0 fully saturated rings. The molecular formula is C31H28N2O4. The summed E-state index contributed by atoms with van der Waals surface area (Å²) >= 11 is 0. The van der Waals surface area contributed by atoms with Crippen LogP contribution in [0.25, 0.3) is 33.5 Å². The molecule has 37 heavy (non-hydrogen) atoms. The Balaban J connectivity index is 1.13. The van der Waals surface area contributed by atoms with E-state index in [9.17, 15) is 4.79 Å². The fraction of sp³-hybridized carbons (Fsp3) is 0.226. The molecule has 6 nitrogen and oxygen atoms in total. The standard InChI is InChI=1S/C31H28N2O4/c1-19-28(13-15-35-26-8-9-27-23(18-26)7-11-30(27)37-20(2)34)33-31(36-19)25-5-3-4-21(17-25)22-6-10-29-24(16-22)12-14-32-29/h3-6,8-10,12,14,16-18,30,32H,7,11,13,15H2,1-2H3. The summed E-state index contributed by atoms with van der Waals surface area (Å²) in [5.41, 5.74) is 7.50. The average molecular weight is 493 g/mol. The molecule has 2 heterocycles. The normalized spacial score (nSPS) is 14.6. The number of hydrogen-bond acceptors (Lipinski definition) is 5. The first-order chi connectivity index (χ1) is 18.0. The van der Waals surface area contributed by atoms with Gasteiger partial charge in [-0.05, 0) is 89.9 Å². The summed E-state index contributed by atoms with van der Waals surface area (Å²) in [6.45, 7) is 3.89. The summed E-state index contributed by atoms with van der Waals surface area (Å²) in [5, 5.41) is 1.18. The number of nitrogens with zero attached hydrogens (tertiary/aromatic N) is 1. The Bertz CT molecular complexity index is 1600. The first kappa shape index (κ1) is 23.1. The van der Waals surface area contributed by atoms with E-state index in [1.807, 2.05) is 37.4 Å². The van der Waals surface area contributed by atoms with Gasteiger partial charge in [-0.1, -0.05) is 24.3 Å². The van der Waals surface area contributed by atoms with E-state index in [0.717, 1.165) is 57.8 Å². The highest BCUT2D eigenvalue weighted by atomic mass is 16.5. The van der Waals surface area contributed by atoms with E-state index in [4.69, 9.17) is 18.9 Å². The number of ether oxygens (including phenoxy) is 2. The van der Waals surface area contributed by atoms with E-state index in [-0.39, 0.29) is 12.1 Å². The highest BCUT2D eigenvalue weighted by Gasteiger charge is 2.25. The summed E-state index contributed by atoms with van der Waals surface area (Å²) in [7, 11) is 0. The zero-order valence-electron chi connectivity index (χ0n) is 20.9. The molecule has 2 aromatic heterocycles. The monoisotopic (exact) mass is 492 g/mol. The number of aryl methyl sites for hydroxylation is 2. The van der Waals surface area contributed by atoms with Gasteiger partial charge in [0.2, 0.25) is 5.89 Å². The average Bonchev–Trinajstić information content (AvgIpc) is 3.62. The number of rotatable bonds is 7. The van der Waals surface area contributed by atoms with E-state index in [2.05, 4.69) is 47.4 Å². The number of nitrogens with one attached hydrogen (secondary N) is 1. The number of benzene rings is 3. The van der Waals surface area contributed by atoms with Crippen LogP contribution in [0.2, 0.25) is 0 Å². The summed E-state index contributed by atoms with van der Waals surface area (Å²) < 4.78 is 17.5. The minimum atomic E-state index is -0.245. The third kappa shape index (κ3) is 4.75. The molecule has 6 heteroatoms. The number of carbonyl (C=O) groups is 1. The molecule has 186 valence electrons. The predicted octanol–water partition coefficient (Wildman–Crippen LogP) is 6.97. The Kier molecular flexibility index (Phi) is 6.01. The van der Waals surface area contributed by atoms with Gasteiger partial charge >= 0.3 is 5.97 Å². The molecule has 3 aromatic carbocycles. The van der Waals surface area contributed by atoms with Crippen molar-refractivity contribution < 1.29 is 18.7 Å². The molecule has 6 rings (SSSR count). The van der Waals surface area contributed by atoms with Crippen LogP contribution in [0.1, 0.15) is 42.0 Å². The van der Waals surface area contributed by atoms with Gasteiger partial charge in [0.1, 0.15) is 17.6 Å². The molecule has 0 aliphatic heterocycles. The Hall–Kier alpha value is -4.32. The van der Waals surface area contributed by atoms with E-state index in [1.54, 1.807) is 0 Å². The molecule has 0 amide bonds. The fourth-order valence-electron chi connectivity index (χ4n) is 5.08. The van der Waals surface area contributed by atoms with E-state index in [1.165, 1.54) is 17.9 Å². The molecule has 1 aliphatic rings. The lowest BCUT2D eigenvalue weighted by atomic mass is 10.0. The van der Waals surface area contributed by atoms with Crippen molar-refractivity contribution in [3.63, 3.8) is 0 Å². The number of fused-ring (bicyclic) bond motifs is 2. The molecule has 0 saturated carbocycles. The molecule has 1 aliphatic carbocycles. The number of aromatic amines is 1. The minimum absolute atomic E-state index is 0.146. The number of esters is 1. The Morgan fingerprint density at radius 1 is 1.05 bits per heavy atom. The fourth-order valence-corrected chi connectivity index (χ4v) is 5.08. The Labute approximate surface area is 215 Å². The van der Waals surface area contributed by atoms with Crippen molar-refractivity contribution in [3.05, 3.63) is 95.5 Å². The van der Waals surface area contributed by atoms with Crippen molar-refractivity contribution in [1.82, 2.24) is 9.97 Å². The number of carbonyl (C=O) groups excluding carboxylic acids is 1. The van der Waals surface area contributed by atoms with E-state index in [0.29, 0.717) is 18.9 Å². The third-order valence-corrected chi connectivity index (χ3v) is 6.94. The van der Waals surface area contributed by atoms with Gasteiger partial charge in [0.25, 0.3) is 0 Å². The molecule has 1 unspecified atom stereocenters. The van der Waals surface area contributed by atoms with Crippen LogP contribution in [0.15, 0.2) is 77.3 Å². The van der Waals surface area contributed by atoms with E-state index >= 15 is 0 Å². The van der Waals surface area contributed by atoms with Gasteiger partial charge in [-0.3, -0.25) is 4.79 Å². The topological polar surface area (TPSA) is 77.4 Å².